The van der Waals surface area contributed by atoms with Gasteiger partial charge in [-0.3, -0.25) is 14.3 Å². The molecule has 0 bridgehead atoms. The number of nitrogens with zero attached hydrogens (tertiary/aromatic N) is 2. The molecule has 0 aliphatic heterocycles. The van der Waals surface area contributed by atoms with E-state index in [2.05, 4.69) is 16.3 Å². The highest BCUT2D eigenvalue weighted by molar-refractivity contribution is 5.90. The first-order valence-corrected chi connectivity index (χ1v) is 9.32. The van der Waals surface area contributed by atoms with Crippen LogP contribution in [0, 0.1) is 13.8 Å². The minimum absolute atomic E-state index is 0.161. The zero-order valence-corrected chi connectivity index (χ0v) is 15.6. The molecule has 2 N–H and O–H groups in total. The molecule has 0 radical (unpaired) electrons. The Morgan fingerprint density at radius 2 is 2.04 bits per heavy atom. The number of aryl methyl sites for hydroxylation is 2. The summed E-state index contributed by atoms with van der Waals surface area (Å²) in [5, 5.41) is 17.6. The Morgan fingerprint density at radius 1 is 1.25 bits per heavy atom. The Hall–Kier alpha value is -3.41. The highest BCUT2D eigenvalue weighted by atomic mass is 16.4. The Bertz CT molecular complexity index is 1340. The number of carbonyl (C=O) groups is 1. The lowest BCUT2D eigenvalue weighted by atomic mass is 9.93. The first-order chi connectivity index (χ1) is 13.5. The fraction of sp³-hybridized carbons (Fsp3) is 0.227. The molecule has 6 heteroatoms. The third-order valence-electron chi connectivity index (χ3n) is 5.69. The molecule has 5 rings (SSSR count). The molecule has 0 atom stereocenters. The average Bonchev–Trinajstić information content (AvgIpc) is 3.39. The largest absolute Gasteiger partial charge is 0.477 e. The van der Waals surface area contributed by atoms with Crippen LogP contribution in [0.15, 0.2) is 41.5 Å². The summed E-state index contributed by atoms with van der Waals surface area (Å²) in [5.74, 6) is -0.856. The number of carboxylic acids is 1. The highest BCUT2D eigenvalue weighted by Gasteiger charge is 2.29. The van der Waals surface area contributed by atoms with Gasteiger partial charge in [0.15, 0.2) is 0 Å². The third-order valence-corrected chi connectivity index (χ3v) is 5.69. The monoisotopic (exact) mass is 373 g/mol. The van der Waals surface area contributed by atoms with Crippen molar-refractivity contribution in [3.05, 3.63) is 69.3 Å². The van der Waals surface area contributed by atoms with E-state index in [0.29, 0.717) is 5.92 Å². The van der Waals surface area contributed by atoms with Crippen molar-refractivity contribution < 1.29 is 9.90 Å². The van der Waals surface area contributed by atoms with Crippen molar-refractivity contribution in [2.75, 3.05) is 0 Å². The predicted octanol–water partition coefficient (Wildman–Crippen LogP) is 4.04. The minimum atomic E-state index is -1.17. The number of rotatable bonds is 3. The van der Waals surface area contributed by atoms with Crippen LogP contribution in [0.5, 0.6) is 0 Å². The van der Waals surface area contributed by atoms with E-state index in [-0.39, 0.29) is 5.56 Å². The smallest absolute Gasteiger partial charge is 0.341 e. The van der Waals surface area contributed by atoms with Gasteiger partial charge in [-0.1, -0.05) is 6.07 Å². The molecule has 1 aromatic carbocycles. The van der Waals surface area contributed by atoms with Crippen LogP contribution in [0.25, 0.3) is 27.5 Å². The van der Waals surface area contributed by atoms with Gasteiger partial charge < -0.3 is 5.11 Å². The van der Waals surface area contributed by atoms with Gasteiger partial charge in [-0.2, -0.15) is 5.10 Å². The molecule has 1 aliphatic rings. The maximum atomic E-state index is 12.8. The average molecular weight is 373 g/mol. The van der Waals surface area contributed by atoms with Crippen LogP contribution >= 0.6 is 0 Å². The third kappa shape index (κ3) is 2.37. The zero-order valence-electron chi connectivity index (χ0n) is 15.6. The Labute approximate surface area is 160 Å². The Morgan fingerprint density at radius 3 is 2.75 bits per heavy atom. The van der Waals surface area contributed by atoms with E-state index in [1.807, 2.05) is 26.0 Å². The highest BCUT2D eigenvalue weighted by Crippen LogP contribution is 2.44. The molecule has 3 heterocycles. The van der Waals surface area contributed by atoms with Crippen LogP contribution in [0.4, 0.5) is 0 Å². The standard InChI is InChI=1S/C22H19N3O3/c1-11-10-25-20(16(13-3-4-13)8-17(21(25)26)22(27)28)12(2)19(11)14-5-6-18-15(7-14)9-23-24-18/h5-10,13H,3-4H2,1-2H3,(H,23,24)(H,27,28). The van der Waals surface area contributed by atoms with Gasteiger partial charge in [0.05, 0.1) is 17.2 Å². The van der Waals surface area contributed by atoms with E-state index < -0.39 is 11.5 Å². The van der Waals surface area contributed by atoms with Crippen molar-refractivity contribution in [3.63, 3.8) is 0 Å². The van der Waals surface area contributed by atoms with Crippen LogP contribution < -0.4 is 5.56 Å². The van der Waals surface area contributed by atoms with E-state index >= 15 is 0 Å². The first kappa shape index (κ1) is 16.7. The van der Waals surface area contributed by atoms with Crippen molar-refractivity contribution in [1.29, 1.82) is 0 Å². The number of pyridine rings is 2. The molecule has 0 amide bonds. The molecule has 140 valence electrons. The van der Waals surface area contributed by atoms with E-state index in [4.69, 9.17) is 0 Å². The molecule has 1 saturated carbocycles. The van der Waals surface area contributed by atoms with E-state index in [9.17, 15) is 14.7 Å². The van der Waals surface area contributed by atoms with Crippen LogP contribution in [-0.4, -0.2) is 25.7 Å². The minimum Gasteiger partial charge on any atom is -0.477 e. The molecule has 28 heavy (non-hydrogen) atoms. The van der Waals surface area contributed by atoms with Gasteiger partial charge in [0.1, 0.15) is 5.56 Å². The van der Waals surface area contributed by atoms with Gasteiger partial charge >= 0.3 is 5.97 Å². The van der Waals surface area contributed by atoms with Crippen LogP contribution in [0.3, 0.4) is 0 Å². The second-order valence-corrected chi connectivity index (χ2v) is 7.60. The summed E-state index contributed by atoms with van der Waals surface area (Å²) >= 11 is 0. The quantitative estimate of drug-likeness (QED) is 0.567. The second kappa shape index (κ2) is 5.79. The van der Waals surface area contributed by atoms with Gasteiger partial charge in [-0.25, -0.2) is 4.79 Å². The van der Waals surface area contributed by atoms with Crippen LogP contribution in [-0.2, 0) is 0 Å². The van der Waals surface area contributed by atoms with E-state index in [1.54, 1.807) is 18.5 Å². The number of aromatic amines is 1. The number of benzene rings is 1. The molecule has 6 nitrogen and oxygen atoms in total. The van der Waals surface area contributed by atoms with Gasteiger partial charge in [-0.15, -0.1) is 0 Å². The van der Waals surface area contributed by atoms with Gasteiger partial charge in [0, 0.05) is 11.6 Å². The van der Waals surface area contributed by atoms with Crippen molar-refractivity contribution >= 4 is 22.4 Å². The number of hydrogen-bond donors (Lipinski definition) is 2. The van der Waals surface area contributed by atoms with Gasteiger partial charge in [0.2, 0.25) is 0 Å². The van der Waals surface area contributed by atoms with Crippen LogP contribution in [0.1, 0.15) is 45.8 Å². The van der Waals surface area contributed by atoms with E-state index in [0.717, 1.165) is 57.1 Å². The number of aromatic carboxylic acids is 1. The van der Waals surface area contributed by atoms with Crippen molar-refractivity contribution in [1.82, 2.24) is 14.6 Å². The summed E-state index contributed by atoms with van der Waals surface area (Å²) in [4.78, 5) is 24.4. The maximum Gasteiger partial charge on any atom is 0.341 e. The number of fused-ring (bicyclic) bond motifs is 2. The maximum absolute atomic E-state index is 12.8. The zero-order chi connectivity index (χ0) is 19.6. The van der Waals surface area contributed by atoms with Gasteiger partial charge in [-0.05, 0) is 78.6 Å². The summed E-state index contributed by atoms with van der Waals surface area (Å²) in [7, 11) is 0. The summed E-state index contributed by atoms with van der Waals surface area (Å²) in [6.45, 7) is 3.97. The fourth-order valence-corrected chi connectivity index (χ4v) is 4.25. The normalized spacial score (nSPS) is 14.1. The lowest BCUT2D eigenvalue weighted by Gasteiger charge is -2.18. The molecular formula is C22H19N3O3. The SMILES string of the molecule is Cc1cn2c(=O)c(C(=O)O)cc(C3CC3)c2c(C)c1-c1ccc2[nH]ncc2c1. The number of aromatic nitrogens is 3. The molecule has 0 saturated heterocycles. The molecule has 1 aliphatic carbocycles. The topological polar surface area (TPSA) is 87.5 Å². The second-order valence-electron chi connectivity index (χ2n) is 7.60. The summed E-state index contributed by atoms with van der Waals surface area (Å²) in [5.41, 5.74) is 6.19. The number of hydrogen-bond acceptors (Lipinski definition) is 3. The number of carboxylic acid groups (broad SMARTS) is 1. The Balaban J connectivity index is 1.87. The number of H-pyrrole nitrogens is 1. The molecular weight excluding hydrogens is 354 g/mol. The summed E-state index contributed by atoms with van der Waals surface area (Å²) in [6, 6.07) is 7.73. The summed E-state index contributed by atoms with van der Waals surface area (Å²) < 4.78 is 1.53. The first-order valence-electron chi connectivity index (χ1n) is 9.32. The van der Waals surface area contributed by atoms with Crippen molar-refractivity contribution in [2.45, 2.75) is 32.6 Å². The van der Waals surface area contributed by atoms with Crippen LogP contribution in [0.2, 0.25) is 0 Å². The fourth-order valence-electron chi connectivity index (χ4n) is 4.25. The molecule has 0 unspecified atom stereocenters. The lowest BCUT2D eigenvalue weighted by molar-refractivity contribution is 0.0694. The molecule has 3 aromatic heterocycles. The summed E-state index contributed by atoms with van der Waals surface area (Å²) in [6.07, 6.45) is 5.62. The molecule has 0 spiro atoms. The predicted molar refractivity (Wildman–Crippen MR) is 107 cm³/mol. The molecule has 4 aromatic rings. The lowest BCUT2D eigenvalue weighted by Crippen LogP contribution is -2.24. The van der Waals surface area contributed by atoms with E-state index in [1.165, 1.54) is 4.40 Å². The molecule has 1 fully saturated rings. The van der Waals surface area contributed by atoms with Crippen molar-refractivity contribution in [2.24, 2.45) is 0 Å². The van der Waals surface area contributed by atoms with Gasteiger partial charge in [0.25, 0.3) is 5.56 Å². The Kier molecular flexibility index (Phi) is 3.46. The van der Waals surface area contributed by atoms with Crippen molar-refractivity contribution in [3.8, 4) is 11.1 Å². The number of nitrogens with one attached hydrogen (secondary N) is 1.